The number of aromatic amines is 1. The van der Waals surface area contributed by atoms with Crippen molar-refractivity contribution in [3.05, 3.63) is 31.1 Å². The van der Waals surface area contributed by atoms with Crippen molar-refractivity contribution in [1.29, 1.82) is 0 Å². The summed E-state index contributed by atoms with van der Waals surface area (Å²) in [6.45, 7) is 1.18. The molecule has 10 nitrogen and oxygen atoms in total. The van der Waals surface area contributed by atoms with Gasteiger partial charge in [-0.2, -0.15) is 0 Å². The quantitative estimate of drug-likeness (QED) is 0.510. The molecule has 0 bridgehead atoms. The zero-order valence-electron chi connectivity index (χ0n) is 13.1. The number of imidazole rings is 1. The average Bonchev–Trinajstić information content (AvgIpc) is 3.08. The van der Waals surface area contributed by atoms with Gasteiger partial charge in [-0.3, -0.25) is 4.79 Å². The number of H-pyrrole nitrogens is 1. The maximum atomic E-state index is 12.0. The number of aromatic nitrogens is 6. The number of hydrogen-bond acceptors (Lipinski definition) is 8. The van der Waals surface area contributed by atoms with E-state index in [0.29, 0.717) is 36.0 Å². The molecule has 1 amide bonds. The van der Waals surface area contributed by atoms with E-state index in [9.17, 15) is 4.79 Å². The van der Waals surface area contributed by atoms with Gasteiger partial charge in [0.25, 0.3) is 0 Å². The van der Waals surface area contributed by atoms with Crippen LogP contribution in [-0.4, -0.2) is 62.5 Å². The van der Waals surface area contributed by atoms with Gasteiger partial charge in [-0.05, 0) is 6.07 Å². The number of nitrogens with one attached hydrogen (secondary N) is 3. The Labute approximate surface area is 137 Å². The summed E-state index contributed by atoms with van der Waals surface area (Å²) in [4.78, 5) is 37.2. The third-order valence-electron chi connectivity index (χ3n) is 3.24. The van der Waals surface area contributed by atoms with Gasteiger partial charge in [0.1, 0.15) is 11.8 Å². The molecule has 0 saturated heterocycles. The van der Waals surface area contributed by atoms with Gasteiger partial charge in [0.15, 0.2) is 11.5 Å². The summed E-state index contributed by atoms with van der Waals surface area (Å²) in [5, 5.41) is 5.85. The first kappa shape index (κ1) is 15.6. The molecule has 0 unspecified atom stereocenters. The summed E-state index contributed by atoms with van der Waals surface area (Å²) in [7, 11) is 1.79. The summed E-state index contributed by atoms with van der Waals surface area (Å²) in [6, 6.07) is 1.74. The lowest BCUT2D eigenvalue weighted by Gasteiger charge is -2.17. The van der Waals surface area contributed by atoms with Gasteiger partial charge >= 0.3 is 0 Å². The van der Waals surface area contributed by atoms with Gasteiger partial charge in [-0.25, -0.2) is 24.9 Å². The van der Waals surface area contributed by atoms with Crippen molar-refractivity contribution in [2.45, 2.75) is 0 Å². The Morgan fingerprint density at radius 3 is 2.83 bits per heavy atom. The SMILES string of the molecule is CN(CC(=O)NCCNc1ncccn1)c1ncnc2nc[nH]c12. The zero-order chi connectivity index (χ0) is 16.8. The average molecular weight is 327 g/mol. The molecule has 3 aromatic rings. The first-order valence-electron chi connectivity index (χ1n) is 7.37. The molecule has 0 saturated carbocycles. The highest BCUT2D eigenvalue weighted by atomic mass is 16.2. The van der Waals surface area contributed by atoms with Crippen molar-refractivity contribution in [1.82, 2.24) is 35.2 Å². The van der Waals surface area contributed by atoms with Crippen LogP contribution < -0.4 is 15.5 Å². The van der Waals surface area contributed by atoms with E-state index in [2.05, 4.69) is 40.5 Å². The normalized spacial score (nSPS) is 10.5. The van der Waals surface area contributed by atoms with Gasteiger partial charge in [0.2, 0.25) is 11.9 Å². The molecule has 0 aliphatic heterocycles. The molecule has 0 aliphatic carbocycles. The van der Waals surface area contributed by atoms with Crippen LogP contribution in [-0.2, 0) is 4.79 Å². The molecule has 3 rings (SSSR count). The van der Waals surface area contributed by atoms with E-state index in [1.807, 2.05) is 0 Å². The van der Waals surface area contributed by atoms with Crippen LogP contribution in [0.4, 0.5) is 11.8 Å². The van der Waals surface area contributed by atoms with Crippen LogP contribution in [0.2, 0.25) is 0 Å². The van der Waals surface area contributed by atoms with Crippen LogP contribution in [0.1, 0.15) is 0 Å². The number of likely N-dealkylation sites (N-methyl/N-ethyl adjacent to an activating group) is 1. The van der Waals surface area contributed by atoms with Crippen LogP contribution in [0.3, 0.4) is 0 Å². The number of amides is 1. The second-order valence-corrected chi connectivity index (χ2v) is 5.00. The lowest BCUT2D eigenvalue weighted by atomic mass is 10.4. The standard InChI is InChI=1S/C14H17N9O/c1-23(13-11-12(20-8-19-11)21-9-22-13)7-10(24)15-5-6-18-14-16-3-2-4-17-14/h2-4,8-9H,5-7H2,1H3,(H,15,24)(H,16,17,18)(H,19,20,21,22). The number of nitrogens with zero attached hydrogens (tertiary/aromatic N) is 6. The van der Waals surface area contributed by atoms with Crippen molar-refractivity contribution >= 4 is 28.8 Å². The van der Waals surface area contributed by atoms with Crippen molar-refractivity contribution in [3.63, 3.8) is 0 Å². The molecule has 124 valence electrons. The fourth-order valence-corrected chi connectivity index (χ4v) is 2.15. The van der Waals surface area contributed by atoms with Crippen molar-refractivity contribution in [2.24, 2.45) is 0 Å². The maximum Gasteiger partial charge on any atom is 0.239 e. The highest BCUT2D eigenvalue weighted by molar-refractivity contribution is 5.86. The molecule has 10 heteroatoms. The van der Waals surface area contributed by atoms with E-state index in [0.717, 1.165) is 0 Å². The Morgan fingerprint density at radius 2 is 2.00 bits per heavy atom. The van der Waals surface area contributed by atoms with Crippen LogP contribution in [0.5, 0.6) is 0 Å². The molecule has 0 atom stereocenters. The van der Waals surface area contributed by atoms with E-state index >= 15 is 0 Å². The Hall–Kier alpha value is -3.30. The minimum Gasteiger partial charge on any atom is -0.353 e. The smallest absolute Gasteiger partial charge is 0.239 e. The maximum absolute atomic E-state index is 12.0. The van der Waals surface area contributed by atoms with E-state index < -0.39 is 0 Å². The number of hydrogen-bond donors (Lipinski definition) is 3. The molecule has 0 aromatic carbocycles. The monoisotopic (exact) mass is 327 g/mol. The molecule has 3 N–H and O–H groups in total. The summed E-state index contributed by atoms with van der Waals surface area (Å²) < 4.78 is 0. The van der Waals surface area contributed by atoms with E-state index in [4.69, 9.17) is 0 Å². The Bertz CT molecular complexity index is 804. The fourth-order valence-electron chi connectivity index (χ4n) is 2.15. The lowest BCUT2D eigenvalue weighted by Crippen LogP contribution is -2.37. The minimum absolute atomic E-state index is 0.112. The van der Waals surface area contributed by atoms with Crippen LogP contribution >= 0.6 is 0 Å². The molecule has 3 aromatic heterocycles. The van der Waals surface area contributed by atoms with Crippen LogP contribution in [0.15, 0.2) is 31.1 Å². The largest absolute Gasteiger partial charge is 0.353 e. The zero-order valence-corrected chi connectivity index (χ0v) is 13.1. The molecular weight excluding hydrogens is 310 g/mol. The Kier molecular flexibility index (Phi) is 4.75. The van der Waals surface area contributed by atoms with Gasteiger partial charge in [-0.1, -0.05) is 0 Å². The first-order valence-corrected chi connectivity index (χ1v) is 7.37. The fraction of sp³-hybridized carbons (Fsp3) is 0.286. The number of carbonyl (C=O) groups is 1. The van der Waals surface area contributed by atoms with Crippen molar-refractivity contribution in [3.8, 4) is 0 Å². The molecule has 24 heavy (non-hydrogen) atoms. The van der Waals surface area contributed by atoms with Gasteiger partial charge in [-0.15, -0.1) is 0 Å². The molecule has 0 fully saturated rings. The topological polar surface area (TPSA) is 125 Å². The predicted molar refractivity (Wildman–Crippen MR) is 88.5 cm³/mol. The Morgan fingerprint density at radius 1 is 1.17 bits per heavy atom. The number of carbonyl (C=O) groups excluding carboxylic acids is 1. The minimum atomic E-state index is -0.112. The summed E-state index contributed by atoms with van der Waals surface area (Å²) in [5.74, 6) is 1.05. The number of rotatable bonds is 7. The van der Waals surface area contributed by atoms with Crippen molar-refractivity contribution < 1.29 is 4.79 Å². The van der Waals surface area contributed by atoms with Crippen LogP contribution in [0.25, 0.3) is 11.2 Å². The third kappa shape index (κ3) is 3.72. The summed E-state index contributed by atoms with van der Waals surface area (Å²) in [6.07, 6.45) is 6.28. The Balaban J connectivity index is 1.47. The third-order valence-corrected chi connectivity index (χ3v) is 3.24. The number of fused-ring (bicyclic) bond motifs is 1. The van der Waals surface area contributed by atoms with Gasteiger partial charge < -0.3 is 20.5 Å². The molecule has 0 aliphatic rings. The second-order valence-electron chi connectivity index (χ2n) is 5.00. The summed E-state index contributed by atoms with van der Waals surface area (Å²) in [5.41, 5.74) is 1.27. The highest BCUT2D eigenvalue weighted by Gasteiger charge is 2.13. The lowest BCUT2D eigenvalue weighted by molar-refractivity contribution is -0.119. The highest BCUT2D eigenvalue weighted by Crippen LogP contribution is 2.17. The second kappa shape index (κ2) is 7.31. The molecule has 3 heterocycles. The van der Waals surface area contributed by atoms with Gasteiger partial charge in [0, 0.05) is 32.5 Å². The predicted octanol–water partition coefficient (Wildman–Crippen LogP) is -0.193. The van der Waals surface area contributed by atoms with Crippen LogP contribution in [0, 0.1) is 0 Å². The van der Waals surface area contributed by atoms with E-state index in [1.165, 1.54) is 6.33 Å². The van der Waals surface area contributed by atoms with Gasteiger partial charge in [0.05, 0.1) is 12.9 Å². The molecular formula is C14H17N9O. The van der Waals surface area contributed by atoms with Crippen molar-refractivity contribution in [2.75, 3.05) is 36.9 Å². The summed E-state index contributed by atoms with van der Waals surface area (Å²) >= 11 is 0. The van der Waals surface area contributed by atoms with E-state index in [1.54, 1.807) is 36.7 Å². The first-order chi connectivity index (χ1) is 11.7. The number of anilines is 2. The van der Waals surface area contributed by atoms with E-state index in [-0.39, 0.29) is 12.5 Å². The molecule has 0 spiro atoms. The molecule has 0 radical (unpaired) electrons.